The second-order valence-corrected chi connectivity index (χ2v) is 5.84. The molecule has 0 N–H and O–H groups in total. The summed E-state index contributed by atoms with van der Waals surface area (Å²) >= 11 is 0. The highest BCUT2D eigenvalue weighted by atomic mass is 16.7. The lowest BCUT2D eigenvalue weighted by atomic mass is 9.98. The second-order valence-electron chi connectivity index (χ2n) is 5.84. The van der Waals surface area contributed by atoms with Gasteiger partial charge in [0.2, 0.25) is 0 Å². The molecule has 3 heteroatoms. The fourth-order valence-corrected chi connectivity index (χ4v) is 2.61. The lowest BCUT2D eigenvalue weighted by molar-refractivity contribution is -0.0138. The summed E-state index contributed by atoms with van der Waals surface area (Å²) in [5.74, 6) is 0.300. The molecule has 0 amide bonds. The molecule has 3 rings (SSSR count). The second kappa shape index (κ2) is 6.65. The molecule has 1 aliphatic rings. The third-order valence-corrected chi connectivity index (χ3v) is 4.05. The molecule has 0 bridgehead atoms. The molecule has 1 saturated heterocycles. The Morgan fingerprint density at radius 1 is 0.909 bits per heavy atom. The van der Waals surface area contributed by atoms with E-state index in [1.165, 1.54) is 22.3 Å². The largest absolute Gasteiger partial charge is 0.508 e. The van der Waals surface area contributed by atoms with E-state index in [1.807, 2.05) is 0 Å². The molecule has 0 saturated carbocycles. The lowest BCUT2D eigenvalue weighted by Crippen LogP contribution is -2.27. The van der Waals surface area contributed by atoms with Crippen molar-refractivity contribution in [3.8, 4) is 11.1 Å². The van der Waals surface area contributed by atoms with E-state index in [9.17, 15) is 4.79 Å². The summed E-state index contributed by atoms with van der Waals surface area (Å²) in [5.41, 5.74) is 5.05. The van der Waals surface area contributed by atoms with Gasteiger partial charge >= 0.3 is 6.16 Å². The average Bonchev–Trinajstić information content (AvgIpc) is 2.56. The zero-order valence-electron chi connectivity index (χ0n) is 12.7. The summed E-state index contributed by atoms with van der Waals surface area (Å²) < 4.78 is 9.81. The lowest BCUT2D eigenvalue weighted by Gasteiger charge is -2.21. The Morgan fingerprint density at radius 2 is 1.45 bits per heavy atom. The molecule has 0 radical (unpaired) electrons. The predicted octanol–water partition coefficient (Wildman–Crippen LogP) is 4.38. The third kappa shape index (κ3) is 3.67. The highest BCUT2D eigenvalue weighted by molar-refractivity contribution is 5.64. The van der Waals surface area contributed by atoms with Crippen LogP contribution in [0.25, 0.3) is 11.1 Å². The maximum Gasteiger partial charge on any atom is 0.508 e. The molecule has 3 nitrogen and oxygen atoms in total. The quantitative estimate of drug-likeness (QED) is 0.786. The van der Waals surface area contributed by atoms with E-state index < -0.39 is 6.16 Å². The number of carbonyl (C=O) groups is 1. The van der Waals surface area contributed by atoms with Crippen LogP contribution in [0.5, 0.6) is 0 Å². The van der Waals surface area contributed by atoms with E-state index in [1.54, 1.807) is 0 Å². The topological polar surface area (TPSA) is 35.5 Å². The zero-order chi connectivity index (χ0) is 15.4. The van der Waals surface area contributed by atoms with Gasteiger partial charge in [-0.1, -0.05) is 54.1 Å². The summed E-state index contributed by atoms with van der Waals surface area (Å²) in [6.45, 7) is 3.04. The minimum absolute atomic E-state index is 0.300. The molecular weight excluding hydrogens is 276 g/mol. The maximum absolute atomic E-state index is 10.8. The van der Waals surface area contributed by atoms with Crippen molar-refractivity contribution < 1.29 is 14.3 Å². The smallest absolute Gasteiger partial charge is 0.434 e. The van der Waals surface area contributed by atoms with Gasteiger partial charge in [-0.25, -0.2) is 4.79 Å². The average molecular weight is 296 g/mol. The molecule has 2 aromatic rings. The van der Waals surface area contributed by atoms with Crippen LogP contribution in [0.3, 0.4) is 0 Å². The van der Waals surface area contributed by atoms with Crippen LogP contribution < -0.4 is 0 Å². The van der Waals surface area contributed by atoms with Gasteiger partial charge in [-0.15, -0.1) is 0 Å². The number of cyclic esters (lactones) is 2. The molecule has 0 atom stereocenters. The molecule has 0 unspecified atom stereocenters. The van der Waals surface area contributed by atoms with Gasteiger partial charge in [0, 0.05) is 5.92 Å². The summed E-state index contributed by atoms with van der Waals surface area (Å²) in [6.07, 6.45) is 1.40. The number of hydrogen-bond acceptors (Lipinski definition) is 3. The molecule has 1 heterocycles. The van der Waals surface area contributed by atoms with Gasteiger partial charge in [0.15, 0.2) is 0 Å². The van der Waals surface area contributed by atoms with Gasteiger partial charge in [-0.05, 0) is 36.5 Å². The van der Waals surface area contributed by atoms with Crippen LogP contribution >= 0.6 is 0 Å². The van der Waals surface area contributed by atoms with Crippen molar-refractivity contribution in [2.75, 3.05) is 13.2 Å². The van der Waals surface area contributed by atoms with Crippen LogP contribution in [0.1, 0.15) is 17.5 Å². The SMILES string of the molecule is Cc1ccc(-c2ccc(CCC3COC(=O)OC3)cc2)cc1. The summed E-state index contributed by atoms with van der Waals surface area (Å²) in [7, 11) is 0. The first kappa shape index (κ1) is 14.6. The standard InChI is InChI=1S/C19H20O3/c1-14-2-8-17(9-3-14)18-10-6-15(7-11-18)4-5-16-12-21-19(20)22-13-16/h2-3,6-11,16H,4-5,12-13H2,1H3. The van der Waals surface area contributed by atoms with Gasteiger partial charge in [-0.3, -0.25) is 0 Å². The van der Waals surface area contributed by atoms with E-state index >= 15 is 0 Å². The third-order valence-electron chi connectivity index (χ3n) is 4.05. The van der Waals surface area contributed by atoms with E-state index in [4.69, 9.17) is 9.47 Å². The van der Waals surface area contributed by atoms with Gasteiger partial charge in [-0.2, -0.15) is 0 Å². The molecule has 1 aliphatic heterocycles. The first-order valence-electron chi connectivity index (χ1n) is 7.66. The molecule has 0 aromatic heterocycles. The van der Waals surface area contributed by atoms with E-state index in [2.05, 4.69) is 55.5 Å². The maximum atomic E-state index is 10.8. The van der Waals surface area contributed by atoms with E-state index in [-0.39, 0.29) is 0 Å². The van der Waals surface area contributed by atoms with Crippen molar-refractivity contribution >= 4 is 6.16 Å². The Balaban J connectivity index is 1.57. The number of ether oxygens (including phenoxy) is 2. The highest BCUT2D eigenvalue weighted by Gasteiger charge is 2.20. The Hall–Kier alpha value is -2.29. The van der Waals surface area contributed by atoms with Crippen molar-refractivity contribution in [1.82, 2.24) is 0 Å². The molecule has 0 aliphatic carbocycles. The Morgan fingerprint density at radius 3 is 2.05 bits per heavy atom. The van der Waals surface area contributed by atoms with E-state index in [0.29, 0.717) is 19.1 Å². The molecule has 114 valence electrons. The van der Waals surface area contributed by atoms with Crippen LogP contribution in [-0.4, -0.2) is 19.4 Å². The number of benzene rings is 2. The number of carbonyl (C=O) groups excluding carboxylic acids is 1. The number of rotatable bonds is 4. The molecular formula is C19H20O3. The van der Waals surface area contributed by atoms with Crippen molar-refractivity contribution in [2.45, 2.75) is 19.8 Å². The van der Waals surface area contributed by atoms with E-state index in [0.717, 1.165) is 12.8 Å². The number of hydrogen-bond donors (Lipinski definition) is 0. The zero-order valence-corrected chi connectivity index (χ0v) is 12.7. The predicted molar refractivity (Wildman–Crippen MR) is 85.7 cm³/mol. The first-order chi connectivity index (χ1) is 10.7. The fraction of sp³-hybridized carbons (Fsp3) is 0.316. The van der Waals surface area contributed by atoms with Crippen molar-refractivity contribution in [3.05, 3.63) is 59.7 Å². The summed E-state index contributed by atoms with van der Waals surface area (Å²) in [4.78, 5) is 10.8. The minimum Gasteiger partial charge on any atom is -0.434 e. The monoisotopic (exact) mass is 296 g/mol. The van der Waals surface area contributed by atoms with Crippen LogP contribution in [-0.2, 0) is 15.9 Å². The minimum atomic E-state index is -0.543. The Labute approximate surface area is 130 Å². The molecule has 0 spiro atoms. The summed E-state index contributed by atoms with van der Waals surface area (Å²) in [6, 6.07) is 17.2. The highest BCUT2D eigenvalue weighted by Crippen LogP contribution is 2.21. The van der Waals surface area contributed by atoms with Gasteiger partial charge in [0.05, 0.1) is 0 Å². The van der Waals surface area contributed by atoms with Crippen LogP contribution in [0, 0.1) is 12.8 Å². The van der Waals surface area contributed by atoms with Crippen molar-refractivity contribution in [3.63, 3.8) is 0 Å². The molecule has 2 aromatic carbocycles. The summed E-state index contributed by atoms with van der Waals surface area (Å²) in [5, 5.41) is 0. The molecule has 22 heavy (non-hydrogen) atoms. The van der Waals surface area contributed by atoms with Crippen LogP contribution in [0.4, 0.5) is 4.79 Å². The van der Waals surface area contributed by atoms with Gasteiger partial charge in [0.25, 0.3) is 0 Å². The van der Waals surface area contributed by atoms with Crippen molar-refractivity contribution in [2.24, 2.45) is 5.92 Å². The first-order valence-corrected chi connectivity index (χ1v) is 7.66. The van der Waals surface area contributed by atoms with Gasteiger partial charge < -0.3 is 9.47 Å². The van der Waals surface area contributed by atoms with Crippen LogP contribution in [0.15, 0.2) is 48.5 Å². The van der Waals surface area contributed by atoms with Crippen molar-refractivity contribution in [1.29, 1.82) is 0 Å². The van der Waals surface area contributed by atoms with Crippen LogP contribution in [0.2, 0.25) is 0 Å². The number of aryl methyl sites for hydroxylation is 2. The molecule has 1 fully saturated rings. The Bertz CT molecular complexity index is 619. The fourth-order valence-electron chi connectivity index (χ4n) is 2.61. The Kier molecular flexibility index (Phi) is 4.42. The normalized spacial score (nSPS) is 15.2. The van der Waals surface area contributed by atoms with Gasteiger partial charge in [0.1, 0.15) is 13.2 Å².